The molecule has 0 radical (unpaired) electrons. The SMILES string of the molecule is COC(=O)c1ccccc1NC(=O)COc1cc(=O)n(C)c2ccccc12. The third kappa shape index (κ3) is 3.82. The van der Waals surface area contributed by atoms with Gasteiger partial charge in [0, 0.05) is 18.5 Å². The van der Waals surface area contributed by atoms with Crippen molar-refractivity contribution in [3.8, 4) is 5.75 Å². The van der Waals surface area contributed by atoms with Gasteiger partial charge in [0.15, 0.2) is 6.61 Å². The minimum atomic E-state index is -0.552. The van der Waals surface area contributed by atoms with Crippen LogP contribution in [0.15, 0.2) is 59.4 Å². The molecule has 0 aliphatic carbocycles. The molecule has 0 saturated heterocycles. The number of ether oxygens (including phenoxy) is 2. The Morgan fingerprint density at radius 3 is 2.56 bits per heavy atom. The van der Waals surface area contributed by atoms with Crippen molar-refractivity contribution in [2.75, 3.05) is 19.0 Å². The largest absolute Gasteiger partial charge is 0.483 e. The van der Waals surface area contributed by atoms with Crippen LogP contribution in [0.5, 0.6) is 5.75 Å². The Morgan fingerprint density at radius 1 is 1.07 bits per heavy atom. The van der Waals surface area contributed by atoms with Crippen molar-refractivity contribution in [1.82, 2.24) is 4.57 Å². The molecule has 3 rings (SSSR count). The van der Waals surface area contributed by atoms with E-state index < -0.39 is 11.9 Å². The standard InChI is InChI=1S/C20H18N2O5/c1-22-16-10-6-4-8-14(16)17(11-19(22)24)27-12-18(23)21-15-9-5-3-7-13(15)20(25)26-2/h3-11H,12H2,1-2H3,(H,21,23). The highest BCUT2D eigenvalue weighted by atomic mass is 16.5. The Morgan fingerprint density at radius 2 is 1.78 bits per heavy atom. The van der Waals surface area contributed by atoms with Crippen molar-refractivity contribution in [2.45, 2.75) is 0 Å². The first kappa shape index (κ1) is 18.2. The number of anilines is 1. The number of hydrogen-bond acceptors (Lipinski definition) is 5. The number of fused-ring (bicyclic) bond motifs is 1. The molecule has 1 aromatic heterocycles. The second-order valence-electron chi connectivity index (χ2n) is 5.80. The molecule has 0 atom stereocenters. The van der Waals surface area contributed by atoms with Gasteiger partial charge in [-0.25, -0.2) is 4.79 Å². The number of rotatable bonds is 5. The van der Waals surface area contributed by atoms with Gasteiger partial charge in [-0.05, 0) is 24.3 Å². The second kappa shape index (κ2) is 7.74. The average Bonchev–Trinajstić information content (AvgIpc) is 2.69. The molecule has 7 heteroatoms. The third-order valence-corrected chi connectivity index (χ3v) is 4.08. The van der Waals surface area contributed by atoms with Crippen LogP contribution in [0, 0.1) is 0 Å². The summed E-state index contributed by atoms with van der Waals surface area (Å²) in [7, 11) is 2.94. The van der Waals surface area contributed by atoms with E-state index in [0.29, 0.717) is 17.0 Å². The Labute approximate surface area is 155 Å². The highest BCUT2D eigenvalue weighted by Gasteiger charge is 2.14. The number of aryl methyl sites for hydroxylation is 1. The Kier molecular flexibility index (Phi) is 5.21. The van der Waals surface area contributed by atoms with Crippen LogP contribution in [0.3, 0.4) is 0 Å². The van der Waals surface area contributed by atoms with Gasteiger partial charge in [0.25, 0.3) is 11.5 Å². The van der Waals surface area contributed by atoms with Gasteiger partial charge >= 0.3 is 5.97 Å². The van der Waals surface area contributed by atoms with Gasteiger partial charge in [-0.2, -0.15) is 0 Å². The molecule has 0 aliphatic heterocycles. The summed E-state index contributed by atoms with van der Waals surface area (Å²) in [6.45, 7) is -0.313. The maximum absolute atomic E-state index is 12.3. The van der Waals surface area contributed by atoms with Crippen LogP contribution in [0.25, 0.3) is 10.9 Å². The molecule has 0 aliphatic rings. The molecule has 0 fully saturated rings. The molecule has 0 spiro atoms. The number of para-hydroxylation sites is 2. The van der Waals surface area contributed by atoms with Crippen LogP contribution in [0.4, 0.5) is 5.69 Å². The van der Waals surface area contributed by atoms with E-state index >= 15 is 0 Å². The van der Waals surface area contributed by atoms with Crippen LogP contribution in [0.2, 0.25) is 0 Å². The third-order valence-electron chi connectivity index (χ3n) is 4.08. The molecular formula is C20H18N2O5. The van der Waals surface area contributed by atoms with Gasteiger partial charge in [0.1, 0.15) is 5.75 Å². The second-order valence-corrected chi connectivity index (χ2v) is 5.80. The number of hydrogen-bond donors (Lipinski definition) is 1. The predicted molar refractivity (Wildman–Crippen MR) is 101 cm³/mol. The van der Waals surface area contributed by atoms with Crippen LogP contribution >= 0.6 is 0 Å². The number of nitrogens with one attached hydrogen (secondary N) is 1. The fraction of sp³-hybridized carbons (Fsp3) is 0.150. The summed E-state index contributed by atoms with van der Waals surface area (Å²) >= 11 is 0. The van der Waals surface area contributed by atoms with Gasteiger partial charge < -0.3 is 19.4 Å². The maximum atomic E-state index is 12.3. The zero-order chi connectivity index (χ0) is 19.4. The molecule has 0 unspecified atom stereocenters. The fourth-order valence-corrected chi connectivity index (χ4v) is 2.71. The van der Waals surface area contributed by atoms with Crippen molar-refractivity contribution in [3.63, 3.8) is 0 Å². The van der Waals surface area contributed by atoms with Crippen LogP contribution < -0.4 is 15.6 Å². The van der Waals surface area contributed by atoms with Gasteiger partial charge in [-0.1, -0.05) is 24.3 Å². The van der Waals surface area contributed by atoms with Crippen LogP contribution in [0.1, 0.15) is 10.4 Å². The van der Waals surface area contributed by atoms with E-state index in [4.69, 9.17) is 9.47 Å². The molecule has 138 valence electrons. The molecule has 27 heavy (non-hydrogen) atoms. The lowest BCUT2D eigenvalue weighted by molar-refractivity contribution is -0.118. The van der Waals surface area contributed by atoms with Crippen molar-refractivity contribution < 1.29 is 19.1 Å². The number of esters is 1. The summed E-state index contributed by atoms with van der Waals surface area (Å²) in [5.41, 5.74) is 1.04. The predicted octanol–water partition coefficient (Wildman–Crippen LogP) is 2.34. The molecular weight excluding hydrogens is 348 g/mol. The van der Waals surface area contributed by atoms with Crippen LogP contribution in [-0.2, 0) is 16.6 Å². The van der Waals surface area contributed by atoms with E-state index in [0.717, 1.165) is 5.39 Å². The van der Waals surface area contributed by atoms with E-state index in [9.17, 15) is 14.4 Å². The first-order valence-electron chi connectivity index (χ1n) is 8.20. The average molecular weight is 366 g/mol. The molecule has 2 aromatic carbocycles. The number of benzene rings is 2. The summed E-state index contributed by atoms with van der Waals surface area (Å²) in [6.07, 6.45) is 0. The minimum Gasteiger partial charge on any atom is -0.483 e. The van der Waals surface area contributed by atoms with E-state index in [1.54, 1.807) is 37.4 Å². The van der Waals surface area contributed by atoms with Gasteiger partial charge in [0.05, 0.1) is 23.9 Å². The summed E-state index contributed by atoms with van der Waals surface area (Å²) in [4.78, 5) is 36.1. The van der Waals surface area contributed by atoms with Crippen molar-refractivity contribution in [2.24, 2.45) is 7.05 Å². The van der Waals surface area contributed by atoms with Gasteiger partial charge in [-0.3, -0.25) is 9.59 Å². The number of carbonyl (C=O) groups is 2. The molecule has 0 saturated carbocycles. The van der Waals surface area contributed by atoms with E-state index in [1.807, 2.05) is 18.2 Å². The molecule has 0 bridgehead atoms. The lowest BCUT2D eigenvalue weighted by atomic mass is 10.2. The van der Waals surface area contributed by atoms with Crippen LogP contribution in [-0.4, -0.2) is 30.2 Å². The summed E-state index contributed by atoms with van der Waals surface area (Å²) in [5.74, 6) is -0.689. The van der Waals surface area contributed by atoms with Gasteiger partial charge in [0.2, 0.25) is 0 Å². The number of pyridine rings is 1. The first-order chi connectivity index (χ1) is 13.0. The van der Waals surface area contributed by atoms with Crippen molar-refractivity contribution in [3.05, 3.63) is 70.5 Å². The van der Waals surface area contributed by atoms with E-state index in [2.05, 4.69) is 5.32 Å². The normalized spacial score (nSPS) is 10.4. The zero-order valence-corrected chi connectivity index (χ0v) is 14.9. The Hall–Kier alpha value is -3.61. The zero-order valence-electron chi connectivity index (χ0n) is 14.9. The van der Waals surface area contributed by atoms with E-state index in [-0.39, 0.29) is 17.7 Å². The van der Waals surface area contributed by atoms with E-state index in [1.165, 1.54) is 17.7 Å². The fourth-order valence-electron chi connectivity index (χ4n) is 2.71. The Bertz CT molecular complexity index is 1070. The Balaban J connectivity index is 1.78. The number of aromatic nitrogens is 1. The molecule has 1 N–H and O–H groups in total. The summed E-state index contributed by atoms with van der Waals surface area (Å²) in [5, 5.41) is 3.35. The minimum absolute atomic E-state index is 0.236. The molecule has 7 nitrogen and oxygen atoms in total. The highest BCUT2D eigenvalue weighted by molar-refractivity contribution is 6.01. The van der Waals surface area contributed by atoms with Crippen molar-refractivity contribution >= 4 is 28.5 Å². The highest BCUT2D eigenvalue weighted by Crippen LogP contribution is 2.23. The monoisotopic (exact) mass is 366 g/mol. The smallest absolute Gasteiger partial charge is 0.339 e. The lowest BCUT2D eigenvalue weighted by Gasteiger charge is -2.12. The topological polar surface area (TPSA) is 86.6 Å². The summed E-state index contributed by atoms with van der Waals surface area (Å²) in [6, 6.07) is 15.1. The number of nitrogens with zero attached hydrogens (tertiary/aromatic N) is 1. The number of methoxy groups -OCH3 is 1. The number of carbonyl (C=O) groups excluding carboxylic acids is 2. The summed E-state index contributed by atoms with van der Waals surface area (Å²) < 4.78 is 11.8. The molecule has 1 heterocycles. The number of amides is 1. The van der Waals surface area contributed by atoms with Crippen molar-refractivity contribution in [1.29, 1.82) is 0 Å². The van der Waals surface area contributed by atoms with Gasteiger partial charge in [-0.15, -0.1) is 0 Å². The first-order valence-corrected chi connectivity index (χ1v) is 8.20. The lowest BCUT2D eigenvalue weighted by Crippen LogP contribution is -2.23. The molecule has 1 amide bonds. The molecule has 3 aromatic rings. The quantitative estimate of drug-likeness (QED) is 0.701. The maximum Gasteiger partial charge on any atom is 0.339 e.